The number of carbonyl (C=O) groups is 1. The molecular formula is C22H24O7. The van der Waals surface area contributed by atoms with Crippen LogP contribution in [0.2, 0.25) is 0 Å². The Kier molecular flexibility index (Phi) is 5.87. The molecule has 0 saturated heterocycles. The highest BCUT2D eigenvalue weighted by Crippen LogP contribution is 2.54. The van der Waals surface area contributed by atoms with Crippen LogP contribution in [0.4, 0.5) is 0 Å². The Morgan fingerprint density at radius 2 is 1.17 bits per heavy atom. The molecule has 1 aliphatic carbocycles. The van der Waals surface area contributed by atoms with Gasteiger partial charge in [-0.2, -0.15) is 0 Å². The van der Waals surface area contributed by atoms with Gasteiger partial charge in [-0.1, -0.05) is 6.08 Å². The van der Waals surface area contributed by atoms with Crippen LogP contribution in [0.15, 0.2) is 24.3 Å². The minimum absolute atomic E-state index is 0.179. The zero-order chi connectivity index (χ0) is 21.1. The Morgan fingerprint density at radius 1 is 0.655 bits per heavy atom. The van der Waals surface area contributed by atoms with Crippen LogP contribution in [-0.4, -0.2) is 48.4 Å². The Labute approximate surface area is 169 Å². The van der Waals surface area contributed by atoms with E-state index in [1.165, 1.54) is 34.5 Å². The Hall–Kier alpha value is -3.35. The van der Waals surface area contributed by atoms with Crippen molar-refractivity contribution in [2.24, 2.45) is 0 Å². The van der Waals surface area contributed by atoms with Crippen molar-refractivity contribution >= 4 is 5.78 Å². The van der Waals surface area contributed by atoms with E-state index >= 15 is 0 Å². The molecule has 0 unspecified atom stereocenters. The third-order valence-electron chi connectivity index (χ3n) is 4.86. The van der Waals surface area contributed by atoms with E-state index in [-0.39, 0.29) is 5.78 Å². The number of fused-ring (bicyclic) bond motifs is 3. The molecule has 0 spiro atoms. The second-order valence-electron chi connectivity index (χ2n) is 6.22. The lowest BCUT2D eigenvalue weighted by molar-refractivity contribution is 0.104. The molecule has 0 aromatic heterocycles. The maximum Gasteiger partial charge on any atom is 0.203 e. The number of allylic oxidation sites excluding steroid dienone is 2. The van der Waals surface area contributed by atoms with E-state index in [9.17, 15) is 4.79 Å². The normalized spacial score (nSPS) is 13.4. The molecule has 0 amide bonds. The molecule has 7 nitrogen and oxygen atoms in total. The molecule has 7 heteroatoms. The van der Waals surface area contributed by atoms with Gasteiger partial charge in [-0.05, 0) is 30.2 Å². The zero-order valence-corrected chi connectivity index (χ0v) is 17.4. The summed E-state index contributed by atoms with van der Waals surface area (Å²) in [5.74, 6) is 2.37. The van der Waals surface area contributed by atoms with Gasteiger partial charge in [0.15, 0.2) is 28.8 Å². The second-order valence-corrected chi connectivity index (χ2v) is 6.22. The van der Waals surface area contributed by atoms with Gasteiger partial charge < -0.3 is 28.4 Å². The summed E-state index contributed by atoms with van der Waals surface area (Å²) in [5.41, 5.74) is 2.51. The SMILES string of the molecule is COc1cc2c(c(OC)c1OC)-c1c(cc(OC)c(OC)c1OC)C(=O)/C=C\C2. The number of hydrogen-bond acceptors (Lipinski definition) is 7. The quantitative estimate of drug-likeness (QED) is 0.732. The van der Waals surface area contributed by atoms with Crippen LogP contribution in [0.3, 0.4) is 0 Å². The fourth-order valence-electron chi connectivity index (χ4n) is 3.62. The van der Waals surface area contributed by atoms with Gasteiger partial charge >= 0.3 is 0 Å². The predicted octanol–water partition coefficient (Wildman–Crippen LogP) is 3.70. The lowest BCUT2D eigenvalue weighted by atomic mass is 9.87. The highest BCUT2D eigenvalue weighted by atomic mass is 16.5. The minimum atomic E-state index is -0.179. The molecule has 0 radical (unpaired) electrons. The van der Waals surface area contributed by atoms with Gasteiger partial charge in [0, 0.05) is 16.7 Å². The first-order valence-electron chi connectivity index (χ1n) is 8.92. The molecule has 1 aliphatic rings. The standard InChI is InChI=1S/C22H24O7/c1-24-15-10-12-8-7-9-14(23)13-11-16(25-2)20(27-4)22(29-6)18(13)17(12)21(28-5)19(15)26-3/h7,9-11H,8H2,1-6H3/b9-7-. The van der Waals surface area contributed by atoms with Crippen LogP contribution in [0, 0.1) is 0 Å². The van der Waals surface area contributed by atoms with Crippen molar-refractivity contribution in [3.63, 3.8) is 0 Å². The number of ketones is 1. The van der Waals surface area contributed by atoms with E-state index in [2.05, 4.69) is 0 Å². The number of benzene rings is 2. The van der Waals surface area contributed by atoms with E-state index in [0.29, 0.717) is 57.6 Å². The molecule has 154 valence electrons. The minimum Gasteiger partial charge on any atom is -0.493 e. The smallest absolute Gasteiger partial charge is 0.203 e. The first-order chi connectivity index (χ1) is 14.1. The zero-order valence-electron chi connectivity index (χ0n) is 17.4. The van der Waals surface area contributed by atoms with Gasteiger partial charge in [0.1, 0.15) is 0 Å². The van der Waals surface area contributed by atoms with Crippen LogP contribution in [-0.2, 0) is 6.42 Å². The molecule has 0 atom stereocenters. The predicted molar refractivity (Wildman–Crippen MR) is 108 cm³/mol. The number of hydrogen-bond donors (Lipinski definition) is 0. The highest BCUT2D eigenvalue weighted by Gasteiger charge is 2.31. The van der Waals surface area contributed by atoms with Gasteiger partial charge in [-0.3, -0.25) is 4.79 Å². The van der Waals surface area contributed by atoms with Crippen molar-refractivity contribution < 1.29 is 33.2 Å². The second kappa shape index (κ2) is 8.34. The molecule has 0 fully saturated rings. The summed E-state index contributed by atoms with van der Waals surface area (Å²) < 4.78 is 33.5. The molecule has 2 aromatic rings. The van der Waals surface area contributed by atoms with E-state index in [0.717, 1.165) is 5.56 Å². The molecule has 0 heterocycles. The third kappa shape index (κ3) is 3.22. The molecule has 2 aromatic carbocycles. The summed E-state index contributed by atoms with van der Waals surface area (Å²) in [7, 11) is 9.19. The summed E-state index contributed by atoms with van der Waals surface area (Å²) in [4.78, 5) is 12.9. The molecule has 0 saturated carbocycles. The van der Waals surface area contributed by atoms with Gasteiger partial charge in [-0.25, -0.2) is 0 Å². The summed E-state index contributed by atoms with van der Waals surface area (Å²) in [5, 5.41) is 0. The summed E-state index contributed by atoms with van der Waals surface area (Å²) in [6, 6.07) is 3.52. The fourth-order valence-corrected chi connectivity index (χ4v) is 3.62. The Balaban J connectivity index is 2.55. The molecular weight excluding hydrogens is 376 g/mol. The maximum atomic E-state index is 12.9. The maximum absolute atomic E-state index is 12.9. The van der Waals surface area contributed by atoms with Gasteiger partial charge in [0.2, 0.25) is 11.5 Å². The molecule has 0 N–H and O–H groups in total. The lowest BCUT2D eigenvalue weighted by Gasteiger charge is -2.24. The molecule has 0 bridgehead atoms. The third-order valence-corrected chi connectivity index (χ3v) is 4.86. The molecule has 3 rings (SSSR count). The molecule has 0 aliphatic heterocycles. The average Bonchev–Trinajstić information content (AvgIpc) is 2.75. The van der Waals surface area contributed by atoms with Crippen LogP contribution >= 0.6 is 0 Å². The van der Waals surface area contributed by atoms with Crippen LogP contribution in [0.5, 0.6) is 34.5 Å². The van der Waals surface area contributed by atoms with Crippen molar-refractivity contribution in [3.05, 3.63) is 35.4 Å². The van der Waals surface area contributed by atoms with Crippen molar-refractivity contribution in [1.29, 1.82) is 0 Å². The van der Waals surface area contributed by atoms with Crippen LogP contribution < -0.4 is 28.4 Å². The van der Waals surface area contributed by atoms with Crippen molar-refractivity contribution in [2.45, 2.75) is 6.42 Å². The van der Waals surface area contributed by atoms with E-state index < -0.39 is 0 Å². The summed E-state index contributed by atoms with van der Waals surface area (Å²) in [6.07, 6.45) is 3.84. The number of carbonyl (C=O) groups excluding carboxylic acids is 1. The van der Waals surface area contributed by atoms with E-state index in [1.54, 1.807) is 26.4 Å². The topological polar surface area (TPSA) is 72.5 Å². The average molecular weight is 400 g/mol. The van der Waals surface area contributed by atoms with Gasteiger partial charge in [0.25, 0.3) is 0 Å². The van der Waals surface area contributed by atoms with E-state index in [4.69, 9.17) is 28.4 Å². The monoisotopic (exact) mass is 400 g/mol. The number of methoxy groups -OCH3 is 6. The highest BCUT2D eigenvalue weighted by molar-refractivity contribution is 6.12. The van der Waals surface area contributed by atoms with Crippen molar-refractivity contribution in [2.75, 3.05) is 42.7 Å². The van der Waals surface area contributed by atoms with Crippen molar-refractivity contribution in [1.82, 2.24) is 0 Å². The van der Waals surface area contributed by atoms with Crippen LogP contribution in [0.1, 0.15) is 15.9 Å². The fraction of sp³-hybridized carbons (Fsp3) is 0.318. The number of rotatable bonds is 6. The number of ether oxygens (including phenoxy) is 6. The van der Waals surface area contributed by atoms with Gasteiger partial charge in [-0.15, -0.1) is 0 Å². The Bertz CT molecular complexity index is 976. The van der Waals surface area contributed by atoms with Crippen molar-refractivity contribution in [3.8, 4) is 45.6 Å². The Morgan fingerprint density at radius 3 is 1.69 bits per heavy atom. The van der Waals surface area contributed by atoms with Crippen LogP contribution in [0.25, 0.3) is 11.1 Å². The molecule has 29 heavy (non-hydrogen) atoms. The lowest BCUT2D eigenvalue weighted by Crippen LogP contribution is -2.09. The summed E-state index contributed by atoms with van der Waals surface area (Å²) in [6.45, 7) is 0. The summed E-state index contributed by atoms with van der Waals surface area (Å²) >= 11 is 0. The first kappa shape index (κ1) is 20.4. The van der Waals surface area contributed by atoms with Gasteiger partial charge in [0.05, 0.1) is 42.7 Å². The largest absolute Gasteiger partial charge is 0.493 e. The van der Waals surface area contributed by atoms with E-state index in [1.807, 2.05) is 6.07 Å². The first-order valence-corrected chi connectivity index (χ1v) is 8.92.